The zero-order valence-electron chi connectivity index (χ0n) is 19.1. The lowest BCUT2D eigenvalue weighted by Crippen LogP contribution is -2.13. The molecule has 29 heavy (non-hydrogen) atoms. The van der Waals surface area contributed by atoms with Crippen LogP contribution >= 0.6 is 0 Å². The van der Waals surface area contributed by atoms with Crippen molar-refractivity contribution in [1.82, 2.24) is 0 Å². The Hall–Kier alpha value is -2.54. The van der Waals surface area contributed by atoms with E-state index in [1.165, 1.54) is 39.3 Å². The third-order valence-electron chi connectivity index (χ3n) is 5.29. The minimum absolute atomic E-state index is 0.155. The predicted molar refractivity (Wildman–Crippen MR) is 128 cm³/mol. The molecule has 0 aliphatic carbocycles. The van der Waals surface area contributed by atoms with Crippen molar-refractivity contribution in [3.63, 3.8) is 0 Å². The maximum absolute atomic E-state index is 2.37. The maximum Gasteiger partial charge on any atom is 0.0466 e. The van der Waals surface area contributed by atoms with E-state index < -0.39 is 0 Å². The molecule has 0 spiro atoms. The molecule has 0 heterocycles. The van der Waals surface area contributed by atoms with Crippen LogP contribution in [0.4, 0.5) is 17.1 Å². The molecule has 0 atom stereocenters. The molecule has 0 aliphatic heterocycles. The first kappa shape index (κ1) is 21.2. The van der Waals surface area contributed by atoms with Gasteiger partial charge in [0.15, 0.2) is 0 Å². The molecule has 1 nitrogen and oxygen atoms in total. The van der Waals surface area contributed by atoms with E-state index in [1.807, 2.05) is 0 Å². The van der Waals surface area contributed by atoms with E-state index >= 15 is 0 Å². The summed E-state index contributed by atoms with van der Waals surface area (Å²) >= 11 is 0. The van der Waals surface area contributed by atoms with Crippen LogP contribution in [0.5, 0.6) is 0 Å². The predicted octanol–water partition coefficient (Wildman–Crippen LogP) is 8.27. The summed E-state index contributed by atoms with van der Waals surface area (Å²) in [7, 11) is 0. The average molecular weight is 386 g/mol. The summed E-state index contributed by atoms with van der Waals surface area (Å²) in [5.74, 6) is 0.668. The van der Waals surface area contributed by atoms with E-state index in [9.17, 15) is 0 Å². The van der Waals surface area contributed by atoms with E-state index in [-0.39, 0.29) is 5.41 Å². The lowest BCUT2D eigenvalue weighted by Gasteiger charge is -2.27. The van der Waals surface area contributed by atoms with E-state index in [0.717, 1.165) is 6.42 Å². The Balaban J connectivity index is 2.07. The Morgan fingerprint density at radius 3 is 1.62 bits per heavy atom. The van der Waals surface area contributed by atoms with Crippen molar-refractivity contribution in [2.75, 3.05) is 4.90 Å². The number of anilines is 3. The number of benzene rings is 3. The minimum atomic E-state index is 0.155. The fraction of sp³-hybridized carbons (Fsp3) is 0.357. The maximum atomic E-state index is 2.37. The summed E-state index contributed by atoms with van der Waals surface area (Å²) in [4.78, 5) is 2.37. The minimum Gasteiger partial charge on any atom is -0.310 e. The summed E-state index contributed by atoms with van der Waals surface area (Å²) in [6.07, 6.45) is 1.12. The number of nitrogens with zero attached hydrogens (tertiary/aromatic N) is 1. The van der Waals surface area contributed by atoms with Gasteiger partial charge < -0.3 is 4.90 Å². The molecule has 3 rings (SSSR count). The highest BCUT2D eigenvalue weighted by Gasteiger charge is 2.17. The molecule has 0 saturated heterocycles. The van der Waals surface area contributed by atoms with Crippen LogP contribution in [0.1, 0.15) is 56.9 Å². The lowest BCUT2D eigenvalue weighted by molar-refractivity contribution is 0.590. The van der Waals surface area contributed by atoms with Gasteiger partial charge in [-0.15, -0.1) is 0 Å². The molecule has 0 N–H and O–H groups in total. The molecule has 152 valence electrons. The molecule has 0 fully saturated rings. The van der Waals surface area contributed by atoms with Crippen molar-refractivity contribution in [1.29, 1.82) is 0 Å². The van der Waals surface area contributed by atoms with Crippen molar-refractivity contribution in [3.05, 3.63) is 89.0 Å². The van der Waals surface area contributed by atoms with E-state index in [4.69, 9.17) is 0 Å². The highest BCUT2D eigenvalue weighted by atomic mass is 15.1. The molecule has 1 heteroatoms. The Bertz CT molecular complexity index is 921. The normalized spacial score (nSPS) is 11.7. The monoisotopic (exact) mass is 385 g/mol. The quantitative estimate of drug-likeness (QED) is 0.427. The molecular weight excluding hydrogens is 350 g/mol. The second-order valence-electron chi connectivity index (χ2n) is 9.74. The highest BCUT2D eigenvalue weighted by Crippen LogP contribution is 2.36. The van der Waals surface area contributed by atoms with Crippen LogP contribution in [0.2, 0.25) is 0 Å². The van der Waals surface area contributed by atoms with Crippen molar-refractivity contribution < 1.29 is 0 Å². The van der Waals surface area contributed by atoms with Gasteiger partial charge in [0, 0.05) is 17.1 Å². The molecule has 0 unspecified atom stereocenters. The Morgan fingerprint density at radius 1 is 0.690 bits per heavy atom. The van der Waals surface area contributed by atoms with Crippen LogP contribution in [-0.2, 0) is 11.8 Å². The smallest absolute Gasteiger partial charge is 0.0466 e. The van der Waals surface area contributed by atoms with Gasteiger partial charge in [-0.2, -0.15) is 0 Å². The Labute approximate surface area is 177 Å². The fourth-order valence-electron chi connectivity index (χ4n) is 3.89. The molecule has 3 aromatic carbocycles. The number of hydrogen-bond donors (Lipinski definition) is 0. The van der Waals surface area contributed by atoms with Crippen LogP contribution in [0, 0.1) is 19.8 Å². The van der Waals surface area contributed by atoms with Crippen molar-refractivity contribution in [2.24, 2.45) is 5.92 Å². The first-order valence-electron chi connectivity index (χ1n) is 10.7. The first-order valence-corrected chi connectivity index (χ1v) is 10.7. The second-order valence-corrected chi connectivity index (χ2v) is 9.74. The van der Waals surface area contributed by atoms with Crippen LogP contribution in [0.3, 0.4) is 0 Å². The zero-order chi connectivity index (χ0) is 21.2. The van der Waals surface area contributed by atoms with Crippen molar-refractivity contribution in [3.8, 4) is 0 Å². The highest BCUT2D eigenvalue weighted by molar-refractivity contribution is 5.77. The third kappa shape index (κ3) is 5.29. The first-order chi connectivity index (χ1) is 13.6. The Kier molecular flexibility index (Phi) is 6.17. The largest absolute Gasteiger partial charge is 0.310 e. The molecule has 0 aromatic heterocycles. The zero-order valence-corrected chi connectivity index (χ0v) is 19.1. The van der Waals surface area contributed by atoms with Gasteiger partial charge in [-0.1, -0.05) is 65.0 Å². The van der Waals surface area contributed by atoms with Crippen LogP contribution in [0.25, 0.3) is 0 Å². The molecule has 3 aromatic rings. The van der Waals surface area contributed by atoms with Crippen LogP contribution < -0.4 is 4.90 Å². The van der Waals surface area contributed by atoms with Crippen molar-refractivity contribution >= 4 is 17.1 Å². The van der Waals surface area contributed by atoms with Crippen LogP contribution in [0.15, 0.2) is 66.7 Å². The average Bonchev–Trinajstić information content (AvgIpc) is 2.62. The summed E-state index contributed by atoms with van der Waals surface area (Å²) in [6, 6.07) is 24.9. The number of rotatable bonds is 5. The molecular formula is C28H35N. The van der Waals surface area contributed by atoms with Crippen molar-refractivity contribution in [2.45, 2.75) is 60.3 Å². The summed E-state index contributed by atoms with van der Waals surface area (Å²) < 4.78 is 0. The van der Waals surface area contributed by atoms with Gasteiger partial charge in [-0.3, -0.25) is 0 Å². The number of hydrogen-bond acceptors (Lipinski definition) is 1. The van der Waals surface area contributed by atoms with Gasteiger partial charge in [0.05, 0.1) is 0 Å². The molecule has 0 aliphatic rings. The molecule has 0 saturated carbocycles. The SMILES string of the molecule is Cc1cc(C)cc(N(c2ccc(CC(C)C)cc2)c2ccc(C(C)(C)C)cc2)c1. The molecule has 0 amide bonds. The van der Waals surface area contributed by atoms with Gasteiger partial charge >= 0.3 is 0 Å². The number of aryl methyl sites for hydroxylation is 2. The Morgan fingerprint density at radius 2 is 1.17 bits per heavy atom. The van der Waals surface area contributed by atoms with Gasteiger partial charge in [-0.05, 0) is 90.3 Å². The topological polar surface area (TPSA) is 3.24 Å². The molecule has 0 bridgehead atoms. The van der Waals surface area contributed by atoms with E-state index in [1.54, 1.807) is 0 Å². The van der Waals surface area contributed by atoms with Crippen LogP contribution in [-0.4, -0.2) is 0 Å². The summed E-state index contributed by atoms with van der Waals surface area (Å²) in [6.45, 7) is 15.7. The fourth-order valence-corrected chi connectivity index (χ4v) is 3.89. The summed E-state index contributed by atoms with van der Waals surface area (Å²) in [5, 5.41) is 0. The van der Waals surface area contributed by atoms with Gasteiger partial charge in [0.1, 0.15) is 0 Å². The van der Waals surface area contributed by atoms with Gasteiger partial charge in [-0.25, -0.2) is 0 Å². The van der Waals surface area contributed by atoms with Gasteiger partial charge in [0.2, 0.25) is 0 Å². The standard InChI is InChI=1S/C28H35N/c1-20(2)16-23-8-12-25(13-9-23)29(27-18-21(3)17-22(4)19-27)26-14-10-24(11-15-26)28(5,6)7/h8-15,17-20H,16H2,1-7H3. The van der Waals surface area contributed by atoms with Gasteiger partial charge in [0.25, 0.3) is 0 Å². The summed E-state index contributed by atoms with van der Waals surface area (Å²) in [5.41, 5.74) is 9.08. The van der Waals surface area contributed by atoms with E-state index in [2.05, 4.69) is 120 Å². The second kappa shape index (κ2) is 8.45. The lowest BCUT2D eigenvalue weighted by atomic mass is 9.87. The molecule has 0 radical (unpaired) electrons. The van der Waals surface area contributed by atoms with E-state index in [0.29, 0.717) is 5.92 Å². The third-order valence-corrected chi connectivity index (χ3v) is 5.29.